The minimum Gasteiger partial charge on any atom is -0.484 e. The molecule has 2 amide bonds. The maximum Gasteiger partial charge on any atom is 0.257 e. The van der Waals surface area contributed by atoms with Crippen molar-refractivity contribution >= 4 is 39.6 Å². The smallest absolute Gasteiger partial charge is 0.257 e. The zero-order chi connectivity index (χ0) is 36.5. The van der Waals surface area contributed by atoms with E-state index in [9.17, 15) is 9.59 Å². The Labute approximate surface area is 306 Å². The molecule has 1 atom stereocenters. The Hall–Kier alpha value is -4.94. The lowest BCUT2D eigenvalue weighted by atomic mass is 9.96. The van der Waals surface area contributed by atoms with E-state index in [-0.39, 0.29) is 24.3 Å². The number of fused-ring (bicyclic) bond motifs is 2. The van der Waals surface area contributed by atoms with Crippen molar-refractivity contribution in [2.75, 3.05) is 71.4 Å². The van der Waals surface area contributed by atoms with E-state index in [4.69, 9.17) is 20.4 Å². The number of H-pyrrole nitrogens is 2. The summed E-state index contributed by atoms with van der Waals surface area (Å²) in [6, 6.07) is 20.2. The highest BCUT2D eigenvalue weighted by Gasteiger charge is 2.17. The van der Waals surface area contributed by atoms with Crippen LogP contribution in [0.4, 0.5) is 5.69 Å². The van der Waals surface area contributed by atoms with E-state index < -0.39 is 0 Å². The summed E-state index contributed by atoms with van der Waals surface area (Å²) < 4.78 is 5.75. The van der Waals surface area contributed by atoms with Gasteiger partial charge in [0.25, 0.3) is 5.91 Å². The number of nitrogens with two attached hydrogens (primary N) is 1. The van der Waals surface area contributed by atoms with Crippen LogP contribution in [-0.2, 0) is 9.59 Å². The third-order valence-electron chi connectivity index (χ3n) is 10.0. The number of nitrogens with zero attached hydrogens (tertiary/aromatic N) is 5. The fourth-order valence-corrected chi connectivity index (χ4v) is 6.77. The molecular formula is C40H53N9O3. The summed E-state index contributed by atoms with van der Waals surface area (Å²) in [5.41, 5.74) is 12.5. The number of carbonyl (C=O) groups is 2. The number of ether oxygens (including phenoxy) is 1. The van der Waals surface area contributed by atoms with Gasteiger partial charge in [0, 0.05) is 55.5 Å². The minimum atomic E-state index is -0.187. The number of hydrogen-bond donors (Lipinski definition) is 4. The van der Waals surface area contributed by atoms with Crippen molar-refractivity contribution in [3.05, 3.63) is 60.7 Å². The highest BCUT2D eigenvalue weighted by atomic mass is 16.5. The summed E-state index contributed by atoms with van der Waals surface area (Å²) in [4.78, 5) is 47.7. The lowest BCUT2D eigenvalue weighted by molar-refractivity contribution is -0.123. The van der Waals surface area contributed by atoms with Gasteiger partial charge >= 0.3 is 0 Å². The van der Waals surface area contributed by atoms with Crippen molar-refractivity contribution < 1.29 is 14.3 Å². The molecule has 5 aromatic rings. The monoisotopic (exact) mass is 707 g/mol. The number of hydrogen-bond acceptors (Lipinski definition) is 8. The largest absolute Gasteiger partial charge is 0.484 e. The lowest BCUT2D eigenvalue weighted by Gasteiger charge is -2.34. The van der Waals surface area contributed by atoms with Gasteiger partial charge in [-0.1, -0.05) is 19.8 Å². The molecule has 1 saturated heterocycles. The number of imidazole rings is 2. The van der Waals surface area contributed by atoms with E-state index in [2.05, 4.69) is 75.3 Å². The maximum atomic E-state index is 12.4. The van der Waals surface area contributed by atoms with Crippen molar-refractivity contribution in [3.8, 4) is 28.5 Å². The molecule has 3 aromatic carbocycles. The van der Waals surface area contributed by atoms with Crippen molar-refractivity contribution in [1.29, 1.82) is 0 Å². The standard InChI is InChI=1S/C40H53N9O3/c1-4-5-8-28(38(41)51)9-6-19-47(2)20-7-18-42-37(50)27-52-32-14-10-29(11-15-32)39-43-33-16-12-30(25-35(33)45-39)40-44-34-17-13-31(26-36(34)46-40)49-23-21-48(3)22-24-49/h10-17,25-26,28H,4-9,18-24,27H2,1-3H3,(H2,41,51)(H,42,50)(H,43,45)(H,44,46). The lowest BCUT2D eigenvalue weighted by Crippen LogP contribution is -2.44. The molecule has 12 nitrogen and oxygen atoms in total. The van der Waals surface area contributed by atoms with Gasteiger partial charge in [0.1, 0.15) is 17.4 Å². The number of aromatic nitrogens is 4. The number of likely N-dealkylation sites (N-methyl/N-ethyl adjacent to an activating group) is 1. The molecule has 3 heterocycles. The predicted octanol–water partition coefficient (Wildman–Crippen LogP) is 5.41. The predicted molar refractivity (Wildman–Crippen MR) is 208 cm³/mol. The second-order valence-corrected chi connectivity index (χ2v) is 14.1. The third-order valence-corrected chi connectivity index (χ3v) is 10.0. The van der Waals surface area contributed by atoms with E-state index >= 15 is 0 Å². The summed E-state index contributed by atoms with van der Waals surface area (Å²) >= 11 is 0. The van der Waals surface area contributed by atoms with Gasteiger partial charge in [-0.05, 0) is 114 Å². The molecule has 1 aliphatic rings. The number of primary amides is 1. The van der Waals surface area contributed by atoms with E-state index in [0.717, 1.165) is 123 Å². The summed E-state index contributed by atoms with van der Waals surface area (Å²) in [6.45, 7) is 8.60. The van der Waals surface area contributed by atoms with Crippen LogP contribution in [0.5, 0.6) is 5.75 Å². The Bertz CT molecular complexity index is 1930. The number of anilines is 1. The van der Waals surface area contributed by atoms with E-state index in [1.54, 1.807) is 0 Å². The van der Waals surface area contributed by atoms with Gasteiger partial charge in [0.2, 0.25) is 5.91 Å². The van der Waals surface area contributed by atoms with Crippen LogP contribution in [0.15, 0.2) is 60.7 Å². The van der Waals surface area contributed by atoms with Crippen LogP contribution in [0, 0.1) is 5.92 Å². The minimum absolute atomic E-state index is 0.0279. The van der Waals surface area contributed by atoms with Crippen LogP contribution in [0.2, 0.25) is 0 Å². The molecule has 6 rings (SSSR count). The van der Waals surface area contributed by atoms with Gasteiger partial charge in [-0.15, -0.1) is 0 Å². The first kappa shape index (κ1) is 36.8. The van der Waals surface area contributed by atoms with Gasteiger partial charge < -0.3 is 40.5 Å². The fourth-order valence-electron chi connectivity index (χ4n) is 6.77. The first-order valence-corrected chi connectivity index (χ1v) is 18.7. The molecule has 1 aliphatic heterocycles. The average Bonchev–Trinajstić information content (AvgIpc) is 3.78. The Morgan fingerprint density at radius 1 is 0.865 bits per heavy atom. The van der Waals surface area contributed by atoms with Crippen molar-refractivity contribution in [1.82, 2.24) is 35.1 Å². The number of amides is 2. The van der Waals surface area contributed by atoms with Crippen molar-refractivity contribution in [3.63, 3.8) is 0 Å². The molecule has 52 heavy (non-hydrogen) atoms. The van der Waals surface area contributed by atoms with Crippen molar-refractivity contribution in [2.24, 2.45) is 11.7 Å². The summed E-state index contributed by atoms with van der Waals surface area (Å²) in [6.07, 6.45) is 5.58. The van der Waals surface area contributed by atoms with E-state index in [0.29, 0.717) is 12.3 Å². The quantitative estimate of drug-likeness (QED) is 0.0884. The molecule has 5 N–H and O–H groups in total. The Balaban J connectivity index is 0.950. The average molecular weight is 708 g/mol. The number of rotatable bonds is 18. The molecule has 0 spiro atoms. The summed E-state index contributed by atoms with van der Waals surface area (Å²) in [5.74, 6) is 1.83. The van der Waals surface area contributed by atoms with Gasteiger partial charge in [-0.2, -0.15) is 0 Å². The molecule has 2 aromatic heterocycles. The molecule has 1 fully saturated rings. The van der Waals surface area contributed by atoms with Crippen LogP contribution in [-0.4, -0.2) is 108 Å². The molecular weight excluding hydrogens is 654 g/mol. The Morgan fingerprint density at radius 2 is 1.50 bits per heavy atom. The first-order chi connectivity index (χ1) is 25.2. The normalized spacial score (nSPS) is 14.3. The van der Waals surface area contributed by atoms with Crippen LogP contribution in [0.3, 0.4) is 0 Å². The first-order valence-electron chi connectivity index (χ1n) is 18.7. The summed E-state index contributed by atoms with van der Waals surface area (Å²) in [7, 11) is 4.23. The zero-order valence-electron chi connectivity index (χ0n) is 30.8. The molecule has 1 unspecified atom stereocenters. The van der Waals surface area contributed by atoms with Crippen LogP contribution in [0.1, 0.15) is 45.4 Å². The van der Waals surface area contributed by atoms with Gasteiger partial charge in [0.15, 0.2) is 6.61 Å². The number of carbonyl (C=O) groups excluding carboxylic acids is 2. The second kappa shape index (κ2) is 17.5. The number of piperazine rings is 1. The Kier molecular flexibility index (Phi) is 12.4. The highest BCUT2D eigenvalue weighted by molar-refractivity contribution is 5.87. The highest BCUT2D eigenvalue weighted by Crippen LogP contribution is 2.29. The molecule has 0 radical (unpaired) electrons. The molecule has 0 saturated carbocycles. The zero-order valence-corrected chi connectivity index (χ0v) is 30.8. The number of aromatic amines is 2. The van der Waals surface area contributed by atoms with E-state index in [1.807, 2.05) is 36.4 Å². The van der Waals surface area contributed by atoms with Gasteiger partial charge in [-0.25, -0.2) is 9.97 Å². The molecule has 12 heteroatoms. The van der Waals surface area contributed by atoms with Crippen LogP contribution in [0.25, 0.3) is 44.8 Å². The number of unbranched alkanes of at least 4 members (excludes halogenated alkanes) is 1. The van der Waals surface area contributed by atoms with Gasteiger partial charge in [0.05, 0.1) is 22.1 Å². The summed E-state index contributed by atoms with van der Waals surface area (Å²) in [5, 5.41) is 2.94. The van der Waals surface area contributed by atoms with Crippen molar-refractivity contribution in [2.45, 2.75) is 45.4 Å². The maximum absolute atomic E-state index is 12.4. The number of benzene rings is 3. The van der Waals surface area contributed by atoms with Crippen LogP contribution >= 0.6 is 0 Å². The fraction of sp³-hybridized carbons (Fsp3) is 0.450. The van der Waals surface area contributed by atoms with Crippen LogP contribution < -0.4 is 20.7 Å². The third kappa shape index (κ3) is 9.68. The van der Waals surface area contributed by atoms with Gasteiger partial charge in [-0.3, -0.25) is 9.59 Å². The molecule has 276 valence electrons. The second-order valence-electron chi connectivity index (χ2n) is 14.1. The SMILES string of the molecule is CCCCC(CCCN(C)CCCNC(=O)COc1ccc(-c2nc3ccc(-c4nc5ccc(N6CCN(C)CC6)cc5[nH]4)cc3[nH]2)cc1)C(N)=O. The van der Waals surface area contributed by atoms with E-state index in [1.165, 1.54) is 5.69 Å². The topological polar surface area (TPSA) is 148 Å². The molecule has 0 aliphatic carbocycles. The molecule has 0 bridgehead atoms. The number of nitrogens with one attached hydrogen (secondary N) is 3. The Morgan fingerprint density at radius 3 is 2.21 bits per heavy atom.